The molecule has 0 amide bonds. The topological polar surface area (TPSA) is 90.6 Å². The van der Waals surface area contributed by atoms with Crippen molar-refractivity contribution >= 4 is 36.6 Å². The van der Waals surface area contributed by atoms with Crippen LogP contribution in [-0.4, -0.2) is 48.6 Å². The summed E-state index contributed by atoms with van der Waals surface area (Å²) in [6.45, 7) is 17.2. The van der Waals surface area contributed by atoms with Gasteiger partial charge in [-0.25, -0.2) is 9.37 Å². The first-order valence-corrected chi connectivity index (χ1v) is 17.2. The summed E-state index contributed by atoms with van der Waals surface area (Å²) < 4.78 is 41.2. The highest BCUT2D eigenvalue weighted by Gasteiger charge is 2.56. The van der Waals surface area contributed by atoms with E-state index in [4.69, 9.17) is 30.2 Å². The van der Waals surface area contributed by atoms with Crippen molar-refractivity contribution in [1.82, 2.24) is 9.55 Å². The van der Waals surface area contributed by atoms with Crippen LogP contribution < -0.4 is 5.32 Å². The maximum atomic E-state index is 13.5. The number of ether oxygens (including phenoxy) is 3. The van der Waals surface area contributed by atoms with E-state index in [1.807, 2.05) is 37.6 Å². The van der Waals surface area contributed by atoms with Crippen molar-refractivity contribution in [3.8, 4) is 6.07 Å². The molecule has 41 heavy (non-hydrogen) atoms. The molecule has 2 aromatic heterocycles. The molecular weight excluding hydrogens is 563 g/mol. The number of halogens is 2. The van der Waals surface area contributed by atoms with Gasteiger partial charge in [0.1, 0.15) is 41.4 Å². The molecule has 0 bridgehead atoms. The highest BCUT2D eigenvalue weighted by molar-refractivity contribution is 6.74. The second-order valence-corrected chi connectivity index (χ2v) is 18.0. The van der Waals surface area contributed by atoms with Crippen LogP contribution in [0.4, 0.5) is 10.1 Å². The van der Waals surface area contributed by atoms with Gasteiger partial charge in [-0.1, -0.05) is 44.5 Å². The molecule has 220 valence electrons. The number of anilines is 1. The molecule has 8 nitrogen and oxygen atoms in total. The van der Waals surface area contributed by atoms with E-state index >= 15 is 0 Å². The summed E-state index contributed by atoms with van der Waals surface area (Å²) in [4.78, 5) is 4.61. The van der Waals surface area contributed by atoms with E-state index in [0.29, 0.717) is 23.3 Å². The van der Waals surface area contributed by atoms with Gasteiger partial charge in [0.25, 0.3) is 0 Å². The van der Waals surface area contributed by atoms with Crippen LogP contribution in [0, 0.1) is 17.1 Å². The molecule has 0 radical (unpaired) electrons. The van der Waals surface area contributed by atoms with E-state index in [0.717, 1.165) is 5.56 Å². The van der Waals surface area contributed by atoms with Crippen LogP contribution in [-0.2, 0) is 18.6 Å². The predicted molar refractivity (Wildman–Crippen MR) is 159 cm³/mol. The molecule has 4 heterocycles. The van der Waals surface area contributed by atoms with Crippen molar-refractivity contribution in [3.63, 3.8) is 0 Å². The summed E-state index contributed by atoms with van der Waals surface area (Å²) in [6.07, 6.45) is 0.243. The molecule has 5 atom stereocenters. The van der Waals surface area contributed by atoms with Crippen molar-refractivity contribution in [2.75, 3.05) is 11.9 Å². The Morgan fingerprint density at radius 1 is 1.20 bits per heavy atom. The fraction of sp³-hybridized carbons (Fsp3) is 0.533. The molecule has 2 aliphatic rings. The van der Waals surface area contributed by atoms with E-state index in [1.54, 1.807) is 12.1 Å². The number of rotatable bonds is 7. The summed E-state index contributed by atoms with van der Waals surface area (Å²) in [6, 6.07) is 10.1. The number of nitrogens with one attached hydrogen (secondary N) is 1. The fourth-order valence-corrected chi connectivity index (χ4v) is 6.40. The standard InChI is InChI=1S/C30H38ClFN4O4Si/c1-17(18-9-11-19(32)12-10-18)34-23-20-13-14-36(27(20)35-26(31)21(23)15-33)28-25-24(39-30(5,6)40-25)22(38-28)16-37-41(7,8)29(2,3)4/h9-14,17,22,24-25,28H,16H2,1-8H3,(H,34,35)/t17-,22+,24+,25+,28+/m0/s1. The lowest BCUT2D eigenvalue weighted by Gasteiger charge is -2.37. The Morgan fingerprint density at radius 2 is 1.85 bits per heavy atom. The molecule has 5 rings (SSSR count). The number of hydrogen-bond donors (Lipinski definition) is 1. The van der Waals surface area contributed by atoms with E-state index in [9.17, 15) is 9.65 Å². The van der Waals surface area contributed by atoms with Crippen LogP contribution in [0.3, 0.4) is 0 Å². The van der Waals surface area contributed by atoms with Gasteiger partial charge in [0.2, 0.25) is 0 Å². The van der Waals surface area contributed by atoms with Crippen molar-refractivity contribution in [2.24, 2.45) is 0 Å². The maximum absolute atomic E-state index is 13.5. The normalized spacial score (nSPS) is 24.8. The highest BCUT2D eigenvalue weighted by atomic mass is 35.5. The lowest BCUT2D eigenvalue weighted by Crippen LogP contribution is -2.44. The summed E-state index contributed by atoms with van der Waals surface area (Å²) in [5.74, 6) is -1.10. The summed E-state index contributed by atoms with van der Waals surface area (Å²) in [5.41, 5.74) is 2.19. The predicted octanol–water partition coefficient (Wildman–Crippen LogP) is 7.31. The second-order valence-electron chi connectivity index (χ2n) is 12.8. The molecule has 3 aromatic rings. The second kappa shape index (κ2) is 10.6. The third-order valence-electron chi connectivity index (χ3n) is 8.47. The Bertz CT molecular complexity index is 1480. The van der Waals surface area contributed by atoms with Crippen LogP contribution >= 0.6 is 11.6 Å². The largest absolute Gasteiger partial charge is 0.414 e. The lowest BCUT2D eigenvalue weighted by molar-refractivity contribution is -0.199. The van der Waals surface area contributed by atoms with Gasteiger partial charge < -0.3 is 28.5 Å². The van der Waals surface area contributed by atoms with Crippen LogP contribution in [0.5, 0.6) is 0 Å². The van der Waals surface area contributed by atoms with Gasteiger partial charge in [0.05, 0.1) is 12.3 Å². The number of aromatic nitrogens is 2. The minimum absolute atomic E-state index is 0.0565. The zero-order chi connectivity index (χ0) is 29.9. The zero-order valence-corrected chi connectivity index (χ0v) is 26.5. The molecule has 0 spiro atoms. The molecule has 2 saturated heterocycles. The number of benzene rings is 1. The molecule has 2 aliphatic heterocycles. The minimum atomic E-state index is -2.03. The third kappa shape index (κ3) is 5.64. The average molecular weight is 601 g/mol. The molecule has 1 N–H and O–H groups in total. The highest BCUT2D eigenvalue weighted by Crippen LogP contribution is 2.46. The zero-order valence-electron chi connectivity index (χ0n) is 24.8. The van der Waals surface area contributed by atoms with E-state index in [2.05, 4.69) is 50.2 Å². The van der Waals surface area contributed by atoms with Crippen molar-refractivity contribution in [1.29, 1.82) is 5.26 Å². The summed E-state index contributed by atoms with van der Waals surface area (Å²) in [5, 5.41) is 14.2. The summed E-state index contributed by atoms with van der Waals surface area (Å²) >= 11 is 6.57. The first-order chi connectivity index (χ1) is 19.1. The number of pyridine rings is 1. The Kier molecular flexibility index (Phi) is 7.77. The Hall–Kier alpha value is -2.52. The number of hydrogen-bond acceptors (Lipinski definition) is 7. The number of fused-ring (bicyclic) bond motifs is 2. The van der Waals surface area contributed by atoms with E-state index in [-0.39, 0.29) is 39.8 Å². The Labute approximate surface area is 246 Å². The Morgan fingerprint density at radius 3 is 2.49 bits per heavy atom. The van der Waals surface area contributed by atoms with Gasteiger partial charge in [-0.3, -0.25) is 0 Å². The van der Waals surface area contributed by atoms with Gasteiger partial charge in [-0.15, -0.1) is 0 Å². The minimum Gasteiger partial charge on any atom is -0.414 e. The van der Waals surface area contributed by atoms with Crippen molar-refractivity contribution in [3.05, 3.63) is 58.6 Å². The van der Waals surface area contributed by atoms with Gasteiger partial charge in [0.15, 0.2) is 25.5 Å². The van der Waals surface area contributed by atoms with E-state index in [1.165, 1.54) is 12.1 Å². The van der Waals surface area contributed by atoms with Gasteiger partial charge in [0, 0.05) is 17.6 Å². The molecule has 1 aromatic carbocycles. The van der Waals surface area contributed by atoms with E-state index < -0.39 is 26.4 Å². The molecule has 11 heteroatoms. The molecular formula is C30H38ClFN4O4Si. The SMILES string of the molecule is C[C@H](Nc1c(C#N)c(Cl)nc2c1ccn2[C@@H]1O[C@H](CO[Si](C)(C)C(C)(C)C)[C@H]2OC(C)(C)O[C@H]21)c1ccc(F)cc1. The molecule has 0 aliphatic carbocycles. The smallest absolute Gasteiger partial charge is 0.192 e. The van der Waals surface area contributed by atoms with Crippen LogP contribution in [0.1, 0.15) is 64.9 Å². The number of nitrogens with zero attached hydrogens (tertiary/aromatic N) is 3. The van der Waals surface area contributed by atoms with Crippen molar-refractivity contribution in [2.45, 2.75) is 96.0 Å². The fourth-order valence-electron chi connectivity index (χ4n) is 5.17. The van der Waals surface area contributed by atoms with Gasteiger partial charge in [-0.2, -0.15) is 5.26 Å². The van der Waals surface area contributed by atoms with Crippen LogP contribution in [0.15, 0.2) is 36.5 Å². The maximum Gasteiger partial charge on any atom is 0.192 e. The van der Waals surface area contributed by atoms with Crippen LogP contribution in [0.25, 0.3) is 11.0 Å². The average Bonchev–Trinajstić information content (AvgIpc) is 3.53. The number of nitriles is 1. The molecule has 0 unspecified atom stereocenters. The van der Waals surface area contributed by atoms with Gasteiger partial charge >= 0.3 is 0 Å². The lowest BCUT2D eigenvalue weighted by atomic mass is 10.1. The monoisotopic (exact) mass is 600 g/mol. The Balaban J connectivity index is 1.49. The summed E-state index contributed by atoms with van der Waals surface area (Å²) in [7, 11) is -2.03. The van der Waals surface area contributed by atoms with Gasteiger partial charge in [-0.05, 0) is 62.7 Å². The molecule has 2 fully saturated rings. The van der Waals surface area contributed by atoms with Crippen molar-refractivity contribution < 1.29 is 23.0 Å². The quantitative estimate of drug-likeness (QED) is 0.224. The molecule has 0 saturated carbocycles. The van der Waals surface area contributed by atoms with Crippen LogP contribution in [0.2, 0.25) is 23.3 Å². The first-order valence-electron chi connectivity index (χ1n) is 13.9. The third-order valence-corrected chi connectivity index (χ3v) is 13.2. The first kappa shape index (κ1) is 30.0.